The molecule has 0 saturated carbocycles. The first-order valence-electron chi connectivity index (χ1n) is 4.57. The van der Waals surface area contributed by atoms with Crippen molar-refractivity contribution in [1.29, 1.82) is 0 Å². The molecule has 0 fully saturated rings. The lowest BCUT2D eigenvalue weighted by Crippen LogP contribution is -2.16. The number of tetrazole rings is 1. The Labute approximate surface area is 89.1 Å². The molecule has 0 N–H and O–H groups in total. The van der Waals surface area contributed by atoms with Crippen molar-refractivity contribution in [3.8, 4) is 0 Å². The lowest BCUT2D eigenvalue weighted by molar-refractivity contribution is 0.377. The molecule has 0 aliphatic rings. The molecule has 1 rings (SSSR count). The van der Waals surface area contributed by atoms with Gasteiger partial charge in [0.25, 0.3) is 0 Å². The molecule has 0 saturated heterocycles. The Morgan fingerprint density at radius 3 is 2.93 bits per heavy atom. The Kier molecular flexibility index (Phi) is 4.61. The molecule has 0 radical (unpaired) electrons. The van der Waals surface area contributed by atoms with Crippen LogP contribution in [0.1, 0.15) is 12.2 Å². The average molecular weight is 213 g/mol. The third kappa shape index (κ3) is 3.47. The van der Waals surface area contributed by atoms with Crippen molar-refractivity contribution in [3.05, 3.63) is 5.82 Å². The summed E-state index contributed by atoms with van der Waals surface area (Å²) in [6, 6.07) is 0. The summed E-state index contributed by atoms with van der Waals surface area (Å²) in [5, 5.41) is 13.1. The van der Waals surface area contributed by atoms with Gasteiger partial charge < -0.3 is 4.90 Å². The summed E-state index contributed by atoms with van der Waals surface area (Å²) in [5.74, 6) is 0.846. The zero-order valence-corrected chi connectivity index (χ0v) is 9.37. The summed E-state index contributed by atoms with van der Waals surface area (Å²) in [4.78, 5) is 2.14. The van der Waals surface area contributed by atoms with E-state index in [1.54, 1.807) is 5.37 Å². The molecule has 0 spiro atoms. The summed E-state index contributed by atoms with van der Waals surface area (Å²) < 4.78 is 1.81. The van der Waals surface area contributed by atoms with E-state index in [4.69, 9.17) is 12.2 Å². The second-order valence-electron chi connectivity index (χ2n) is 3.35. The molecular formula is C8H15N5S. The van der Waals surface area contributed by atoms with Crippen LogP contribution in [-0.4, -0.2) is 51.1 Å². The van der Waals surface area contributed by atoms with Crippen molar-refractivity contribution in [3.63, 3.8) is 0 Å². The first-order valence-corrected chi connectivity index (χ1v) is 5.04. The standard InChI is InChI=1S/C8H15N5S/c1-12(2)5-3-6-13-8(4-7-14)9-10-11-13/h7H,3-6H2,1-2H3. The molecule has 6 heteroatoms. The average Bonchev–Trinajstić information content (AvgIpc) is 2.53. The monoisotopic (exact) mass is 213 g/mol. The van der Waals surface area contributed by atoms with Crippen LogP contribution in [0.4, 0.5) is 0 Å². The molecule has 0 amide bonds. The molecule has 0 aliphatic carbocycles. The first-order chi connectivity index (χ1) is 6.74. The van der Waals surface area contributed by atoms with Crippen LogP contribution in [0.15, 0.2) is 0 Å². The molecular weight excluding hydrogens is 198 g/mol. The summed E-state index contributed by atoms with van der Waals surface area (Å²) in [5.41, 5.74) is 0. The van der Waals surface area contributed by atoms with Gasteiger partial charge in [-0.1, -0.05) is 12.2 Å². The van der Waals surface area contributed by atoms with Gasteiger partial charge in [0.05, 0.1) is 0 Å². The third-order valence-electron chi connectivity index (χ3n) is 1.85. The Balaban J connectivity index is 2.41. The maximum absolute atomic E-state index is 4.77. The van der Waals surface area contributed by atoms with Gasteiger partial charge in [-0.25, -0.2) is 4.68 Å². The quantitative estimate of drug-likeness (QED) is 0.630. The largest absolute Gasteiger partial charge is 0.309 e. The zero-order valence-electron chi connectivity index (χ0n) is 8.55. The normalized spacial score (nSPS) is 10.8. The lowest BCUT2D eigenvalue weighted by atomic mass is 10.4. The molecule has 0 unspecified atom stereocenters. The number of aryl methyl sites for hydroxylation is 1. The van der Waals surface area contributed by atoms with Crippen LogP contribution in [0, 0.1) is 0 Å². The second kappa shape index (κ2) is 5.77. The molecule has 1 heterocycles. The fourth-order valence-corrected chi connectivity index (χ4v) is 1.30. The van der Waals surface area contributed by atoms with Crippen LogP contribution in [0.25, 0.3) is 0 Å². The van der Waals surface area contributed by atoms with Gasteiger partial charge in [0.15, 0.2) is 5.82 Å². The van der Waals surface area contributed by atoms with Crippen molar-refractivity contribution in [2.45, 2.75) is 19.4 Å². The van der Waals surface area contributed by atoms with E-state index in [1.165, 1.54) is 0 Å². The van der Waals surface area contributed by atoms with Gasteiger partial charge in [0.1, 0.15) is 0 Å². The minimum atomic E-state index is 0.657. The van der Waals surface area contributed by atoms with E-state index >= 15 is 0 Å². The number of hydrogen-bond acceptors (Lipinski definition) is 5. The number of rotatable bonds is 6. The maximum atomic E-state index is 4.77. The van der Waals surface area contributed by atoms with E-state index in [-0.39, 0.29) is 0 Å². The highest BCUT2D eigenvalue weighted by atomic mass is 32.1. The van der Waals surface area contributed by atoms with Crippen LogP contribution in [0.3, 0.4) is 0 Å². The topological polar surface area (TPSA) is 46.8 Å². The van der Waals surface area contributed by atoms with Crippen molar-refractivity contribution in [2.24, 2.45) is 0 Å². The van der Waals surface area contributed by atoms with E-state index in [0.29, 0.717) is 6.42 Å². The van der Waals surface area contributed by atoms with E-state index in [1.807, 2.05) is 4.68 Å². The van der Waals surface area contributed by atoms with Crippen molar-refractivity contribution in [1.82, 2.24) is 25.1 Å². The molecule has 0 atom stereocenters. The van der Waals surface area contributed by atoms with Gasteiger partial charge in [0, 0.05) is 13.0 Å². The van der Waals surface area contributed by atoms with Gasteiger partial charge in [-0.3, -0.25) is 0 Å². The molecule has 14 heavy (non-hydrogen) atoms. The van der Waals surface area contributed by atoms with Gasteiger partial charge in [0.2, 0.25) is 0 Å². The Morgan fingerprint density at radius 1 is 1.50 bits per heavy atom. The molecule has 5 nitrogen and oxygen atoms in total. The Hall–Kier alpha value is -0.880. The molecule has 0 aliphatic heterocycles. The predicted octanol–water partition coefficient (Wildman–Crippen LogP) is 0.167. The fourth-order valence-electron chi connectivity index (χ4n) is 1.15. The minimum Gasteiger partial charge on any atom is -0.309 e. The van der Waals surface area contributed by atoms with Crippen LogP contribution >= 0.6 is 12.2 Å². The molecule has 0 aromatic carbocycles. The summed E-state index contributed by atoms with van der Waals surface area (Å²) >= 11 is 4.77. The summed E-state index contributed by atoms with van der Waals surface area (Å²) in [6.45, 7) is 1.89. The number of hydrogen-bond donors (Lipinski definition) is 0. The van der Waals surface area contributed by atoms with Crippen LogP contribution in [-0.2, 0) is 13.0 Å². The summed E-state index contributed by atoms with van der Waals surface area (Å²) in [7, 11) is 4.11. The predicted molar refractivity (Wildman–Crippen MR) is 58.3 cm³/mol. The number of aromatic nitrogens is 4. The summed E-state index contributed by atoms with van der Waals surface area (Å²) in [6.07, 6.45) is 1.70. The Bertz CT molecular complexity index is 283. The van der Waals surface area contributed by atoms with E-state index in [0.717, 1.165) is 25.3 Å². The third-order valence-corrected chi connectivity index (χ3v) is 2.01. The fraction of sp³-hybridized carbons (Fsp3) is 0.750. The molecule has 78 valence electrons. The van der Waals surface area contributed by atoms with Gasteiger partial charge in [-0.15, -0.1) is 5.10 Å². The minimum absolute atomic E-state index is 0.657. The lowest BCUT2D eigenvalue weighted by Gasteiger charge is -2.08. The first kappa shape index (κ1) is 11.2. The van der Waals surface area contributed by atoms with Gasteiger partial charge >= 0.3 is 0 Å². The highest BCUT2D eigenvalue weighted by molar-refractivity contribution is 7.78. The smallest absolute Gasteiger partial charge is 0.155 e. The SMILES string of the molecule is CN(C)CCCn1nnnc1CC=S. The number of nitrogens with zero attached hydrogens (tertiary/aromatic N) is 5. The zero-order chi connectivity index (χ0) is 10.4. The second-order valence-corrected chi connectivity index (χ2v) is 3.68. The number of thiocarbonyl (C=S) groups is 1. The Morgan fingerprint density at radius 2 is 2.29 bits per heavy atom. The highest BCUT2D eigenvalue weighted by Gasteiger charge is 2.03. The van der Waals surface area contributed by atoms with Crippen LogP contribution < -0.4 is 0 Å². The molecule has 0 bridgehead atoms. The van der Waals surface area contributed by atoms with E-state index in [9.17, 15) is 0 Å². The van der Waals surface area contributed by atoms with E-state index in [2.05, 4.69) is 34.5 Å². The highest BCUT2D eigenvalue weighted by Crippen LogP contribution is 1.95. The van der Waals surface area contributed by atoms with Crippen molar-refractivity contribution >= 4 is 17.6 Å². The van der Waals surface area contributed by atoms with Crippen molar-refractivity contribution < 1.29 is 0 Å². The van der Waals surface area contributed by atoms with E-state index < -0.39 is 0 Å². The maximum Gasteiger partial charge on any atom is 0.155 e. The molecule has 1 aromatic heterocycles. The van der Waals surface area contributed by atoms with Crippen LogP contribution in [0.5, 0.6) is 0 Å². The van der Waals surface area contributed by atoms with Crippen molar-refractivity contribution in [2.75, 3.05) is 20.6 Å². The van der Waals surface area contributed by atoms with Gasteiger partial charge in [-0.2, -0.15) is 0 Å². The van der Waals surface area contributed by atoms with Gasteiger partial charge in [-0.05, 0) is 42.9 Å². The van der Waals surface area contributed by atoms with Crippen LogP contribution in [0.2, 0.25) is 0 Å². The molecule has 1 aromatic rings.